The second kappa shape index (κ2) is 5.54. The minimum atomic E-state index is -0.00131. The third-order valence-electron chi connectivity index (χ3n) is 3.31. The van der Waals surface area contributed by atoms with Gasteiger partial charge < -0.3 is 10.5 Å². The largest absolute Gasteiger partial charge is 0.490 e. The molecule has 0 aliphatic rings. The number of aromatic amines is 1. The van der Waals surface area contributed by atoms with Gasteiger partial charge in [-0.2, -0.15) is 5.10 Å². The van der Waals surface area contributed by atoms with Crippen molar-refractivity contribution in [2.24, 2.45) is 5.73 Å². The average molecular weight is 282 g/mol. The van der Waals surface area contributed by atoms with Crippen LogP contribution in [0.2, 0.25) is 0 Å². The highest BCUT2D eigenvalue weighted by Crippen LogP contribution is 2.26. The molecule has 5 nitrogen and oxygen atoms in total. The fourth-order valence-electron chi connectivity index (χ4n) is 2.21. The molecule has 5 heteroatoms. The Morgan fingerprint density at radius 3 is 2.90 bits per heavy atom. The lowest BCUT2D eigenvalue weighted by Crippen LogP contribution is -2.23. The van der Waals surface area contributed by atoms with E-state index in [1.807, 2.05) is 38.2 Å². The van der Waals surface area contributed by atoms with E-state index < -0.39 is 0 Å². The van der Waals surface area contributed by atoms with E-state index in [-0.39, 0.29) is 6.04 Å². The molecule has 0 saturated carbocycles. The molecule has 0 aliphatic heterocycles. The van der Waals surface area contributed by atoms with Gasteiger partial charge in [0.1, 0.15) is 12.4 Å². The quantitative estimate of drug-likeness (QED) is 0.771. The molecule has 0 fully saturated rings. The second-order valence-corrected chi connectivity index (χ2v) is 5.27. The topological polar surface area (TPSA) is 76.8 Å². The summed E-state index contributed by atoms with van der Waals surface area (Å²) >= 11 is 0. The van der Waals surface area contributed by atoms with Crippen LogP contribution < -0.4 is 10.5 Å². The lowest BCUT2D eigenvalue weighted by atomic mass is 10.0. The van der Waals surface area contributed by atoms with Gasteiger partial charge in [0, 0.05) is 23.2 Å². The van der Waals surface area contributed by atoms with E-state index in [4.69, 9.17) is 10.5 Å². The van der Waals surface area contributed by atoms with Gasteiger partial charge in [0.05, 0.1) is 17.4 Å². The molecule has 2 heterocycles. The average Bonchev–Trinajstić information content (AvgIpc) is 2.86. The van der Waals surface area contributed by atoms with Crippen LogP contribution in [-0.2, 0) is 0 Å². The number of nitrogens with zero attached hydrogens (tertiary/aromatic N) is 2. The van der Waals surface area contributed by atoms with E-state index in [0.717, 1.165) is 33.5 Å². The number of aromatic nitrogens is 3. The minimum absolute atomic E-state index is 0.00131. The Bertz CT molecular complexity index is 764. The Labute approximate surface area is 123 Å². The minimum Gasteiger partial charge on any atom is -0.490 e. The first-order valence-corrected chi connectivity index (χ1v) is 6.92. The van der Waals surface area contributed by atoms with Gasteiger partial charge >= 0.3 is 0 Å². The van der Waals surface area contributed by atoms with Crippen molar-refractivity contribution in [3.63, 3.8) is 0 Å². The molecule has 2 aromatic heterocycles. The lowest BCUT2D eigenvalue weighted by Gasteiger charge is -2.09. The van der Waals surface area contributed by atoms with Gasteiger partial charge in [0.2, 0.25) is 0 Å². The zero-order chi connectivity index (χ0) is 14.8. The number of H-pyrrole nitrogens is 1. The molecule has 108 valence electrons. The monoisotopic (exact) mass is 282 g/mol. The maximum absolute atomic E-state index is 5.70. The molecule has 1 unspecified atom stereocenters. The molecule has 3 N–H and O–H groups in total. The predicted octanol–water partition coefficient (Wildman–Crippen LogP) is 2.66. The molecular weight excluding hydrogens is 264 g/mol. The third kappa shape index (κ3) is 2.87. The highest BCUT2D eigenvalue weighted by Gasteiger charge is 2.06. The van der Waals surface area contributed by atoms with Crippen LogP contribution in [0.3, 0.4) is 0 Å². The summed E-state index contributed by atoms with van der Waals surface area (Å²) in [6.45, 7) is 4.38. The van der Waals surface area contributed by atoms with Crippen molar-refractivity contribution in [2.45, 2.75) is 19.9 Å². The number of nitrogens with two attached hydrogens (primary N) is 1. The summed E-state index contributed by atoms with van der Waals surface area (Å²) in [6, 6.07) is 8.16. The summed E-state index contributed by atoms with van der Waals surface area (Å²) in [5, 5.41) is 8.34. The van der Waals surface area contributed by atoms with Crippen molar-refractivity contribution in [1.29, 1.82) is 0 Å². The molecule has 0 bridgehead atoms. The summed E-state index contributed by atoms with van der Waals surface area (Å²) in [5.41, 5.74) is 9.83. The molecule has 3 aromatic rings. The van der Waals surface area contributed by atoms with E-state index in [9.17, 15) is 0 Å². The van der Waals surface area contributed by atoms with Gasteiger partial charge in [-0.3, -0.25) is 10.1 Å². The Balaban J connectivity index is 1.94. The van der Waals surface area contributed by atoms with Gasteiger partial charge in [-0.1, -0.05) is 6.07 Å². The van der Waals surface area contributed by atoms with Crippen molar-refractivity contribution in [1.82, 2.24) is 15.2 Å². The standard InChI is InChI=1S/C16H18N4O/c1-10(17)9-21-14-5-13(7-18-8-14)12-3-4-16-15(6-12)11(2)19-20-16/h3-8,10H,9,17H2,1-2H3,(H,19,20). The molecule has 0 radical (unpaired) electrons. The molecule has 0 saturated heterocycles. The van der Waals surface area contributed by atoms with Crippen LogP contribution in [0.1, 0.15) is 12.6 Å². The fourth-order valence-corrected chi connectivity index (χ4v) is 2.21. The van der Waals surface area contributed by atoms with Crippen molar-refractivity contribution in [3.05, 3.63) is 42.4 Å². The van der Waals surface area contributed by atoms with Crippen molar-refractivity contribution >= 4 is 10.9 Å². The molecule has 1 atom stereocenters. The van der Waals surface area contributed by atoms with E-state index in [1.54, 1.807) is 6.20 Å². The predicted molar refractivity (Wildman–Crippen MR) is 83.2 cm³/mol. The van der Waals surface area contributed by atoms with Gasteiger partial charge in [-0.05, 0) is 37.6 Å². The zero-order valence-corrected chi connectivity index (χ0v) is 12.1. The molecular formula is C16H18N4O. The number of hydrogen-bond donors (Lipinski definition) is 2. The summed E-state index contributed by atoms with van der Waals surface area (Å²) in [6.07, 6.45) is 3.53. The summed E-state index contributed by atoms with van der Waals surface area (Å²) in [7, 11) is 0. The number of rotatable bonds is 4. The molecule has 0 aliphatic carbocycles. The smallest absolute Gasteiger partial charge is 0.138 e. The summed E-state index contributed by atoms with van der Waals surface area (Å²) in [5.74, 6) is 0.730. The fraction of sp³-hybridized carbons (Fsp3) is 0.250. The Morgan fingerprint density at radius 1 is 1.24 bits per heavy atom. The Kier molecular flexibility index (Phi) is 3.58. The van der Waals surface area contributed by atoms with Gasteiger partial charge in [0.15, 0.2) is 0 Å². The van der Waals surface area contributed by atoms with Gasteiger partial charge in [0.25, 0.3) is 0 Å². The third-order valence-corrected chi connectivity index (χ3v) is 3.31. The van der Waals surface area contributed by atoms with E-state index >= 15 is 0 Å². The van der Waals surface area contributed by atoms with E-state index in [2.05, 4.69) is 21.2 Å². The first-order chi connectivity index (χ1) is 10.1. The first kappa shape index (κ1) is 13.6. The van der Waals surface area contributed by atoms with Crippen LogP contribution in [0.15, 0.2) is 36.7 Å². The molecule has 1 aromatic carbocycles. The van der Waals surface area contributed by atoms with Crippen LogP contribution in [0.4, 0.5) is 0 Å². The summed E-state index contributed by atoms with van der Waals surface area (Å²) in [4.78, 5) is 4.24. The van der Waals surface area contributed by atoms with Crippen LogP contribution in [0.5, 0.6) is 5.75 Å². The number of pyridine rings is 1. The zero-order valence-electron chi connectivity index (χ0n) is 12.1. The molecule has 21 heavy (non-hydrogen) atoms. The van der Waals surface area contributed by atoms with Crippen LogP contribution in [-0.4, -0.2) is 27.8 Å². The van der Waals surface area contributed by atoms with Crippen LogP contribution in [0.25, 0.3) is 22.0 Å². The lowest BCUT2D eigenvalue weighted by molar-refractivity contribution is 0.295. The molecule has 0 amide bonds. The number of nitrogens with one attached hydrogen (secondary N) is 1. The normalized spacial score (nSPS) is 12.5. The Hall–Kier alpha value is -2.40. The number of ether oxygens (including phenoxy) is 1. The molecule has 3 rings (SSSR count). The highest BCUT2D eigenvalue weighted by atomic mass is 16.5. The van der Waals surface area contributed by atoms with Crippen molar-refractivity contribution in [3.8, 4) is 16.9 Å². The number of hydrogen-bond acceptors (Lipinski definition) is 4. The number of aryl methyl sites for hydroxylation is 1. The maximum Gasteiger partial charge on any atom is 0.138 e. The van der Waals surface area contributed by atoms with E-state index in [1.165, 1.54) is 0 Å². The van der Waals surface area contributed by atoms with Gasteiger partial charge in [-0.15, -0.1) is 0 Å². The summed E-state index contributed by atoms with van der Waals surface area (Å²) < 4.78 is 5.62. The second-order valence-electron chi connectivity index (χ2n) is 5.27. The van der Waals surface area contributed by atoms with E-state index in [0.29, 0.717) is 6.61 Å². The maximum atomic E-state index is 5.70. The first-order valence-electron chi connectivity index (χ1n) is 6.92. The van der Waals surface area contributed by atoms with Crippen molar-refractivity contribution in [2.75, 3.05) is 6.61 Å². The molecule has 0 spiro atoms. The number of fused-ring (bicyclic) bond motifs is 1. The van der Waals surface area contributed by atoms with Crippen molar-refractivity contribution < 1.29 is 4.74 Å². The van der Waals surface area contributed by atoms with Gasteiger partial charge in [-0.25, -0.2) is 0 Å². The van der Waals surface area contributed by atoms with Crippen LogP contribution in [0, 0.1) is 6.92 Å². The highest BCUT2D eigenvalue weighted by molar-refractivity contribution is 5.86. The number of benzene rings is 1. The van der Waals surface area contributed by atoms with Crippen LogP contribution >= 0.6 is 0 Å². The Morgan fingerprint density at radius 2 is 2.10 bits per heavy atom. The SMILES string of the molecule is Cc1n[nH]c2ccc(-c3cncc(OCC(C)N)c3)cc12.